The molecule has 22 heavy (non-hydrogen) atoms. The van der Waals surface area contributed by atoms with Crippen molar-refractivity contribution >= 4 is 17.2 Å². The van der Waals surface area contributed by atoms with Crippen molar-refractivity contribution in [2.45, 2.75) is 13.3 Å². The molecule has 0 atom stereocenters. The minimum Gasteiger partial charge on any atom is -0.324 e. The van der Waals surface area contributed by atoms with E-state index in [2.05, 4.69) is 41.5 Å². The summed E-state index contributed by atoms with van der Waals surface area (Å²) >= 11 is 0. The van der Waals surface area contributed by atoms with Crippen LogP contribution in [0.4, 0.5) is 5.69 Å². The van der Waals surface area contributed by atoms with Gasteiger partial charge in [-0.3, -0.25) is 4.79 Å². The van der Waals surface area contributed by atoms with Crippen molar-refractivity contribution in [3.63, 3.8) is 0 Å². The summed E-state index contributed by atoms with van der Waals surface area (Å²) in [4.78, 5) is 15.9. The summed E-state index contributed by atoms with van der Waals surface area (Å²) in [5.74, 6) is -0.213. The Morgan fingerprint density at radius 2 is 1.95 bits per heavy atom. The Morgan fingerprint density at radius 1 is 1.18 bits per heavy atom. The third kappa shape index (κ3) is 2.84. The van der Waals surface area contributed by atoms with E-state index in [9.17, 15) is 4.79 Å². The average Bonchev–Trinajstić information content (AvgIpc) is 2.98. The molecule has 0 spiro atoms. The van der Waals surface area contributed by atoms with Gasteiger partial charge in [0.2, 0.25) is 5.91 Å². The molecule has 5 heteroatoms. The van der Waals surface area contributed by atoms with Crippen LogP contribution in [-0.4, -0.2) is 21.8 Å². The van der Waals surface area contributed by atoms with Gasteiger partial charge in [0.15, 0.2) is 0 Å². The van der Waals surface area contributed by atoms with Gasteiger partial charge in [-0.25, -0.2) is 4.98 Å². The van der Waals surface area contributed by atoms with E-state index in [-0.39, 0.29) is 12.5 Å². The lowest BCUT2D eigenvalue weighted by atomic mass is 10.1. The molecule has 5 nitrogen and oxygen atoms in total. The Balaban J connectivity index is 1.93. The quantitative estimate of drug-likeness (QED) is 0.776. The molecule has 3 N–H and O–H groups in total. The summed E-state index contributed by atoms with van der Waals surface area (Å²) in [5.41, 5.74) is 10.1. The molecule has 0 saturated heterocycles. The Bertz CT molecular complexity index is 805. The van der Waals surface area contributed by atoms with E-state index >= 15 is 0 Å². The highest BCUT2D eigenvalue weighted by atomic mass is 16.1. The number of nitrogens with two attached hydrogens (primary N) is 1. The van der Waals surface area contributed by atoms with Crippen molar-refractivity contribution in [2.75, 3.05) is 11.9 Å². The number of pyridine rings is 1. The number of aromatic nitrogens is 2. The monoisotopic (exact) mass is 294 g/mol. The predicted octanol–water partition coefficient (Wildman–Crippen LogP) is 2.46. The molecule has 3 aromatic rings. The Morgan fingerprint density at radius 3 is 2.64 bits per heavy atom. The van der Waals surface area contributed by atoms with Gasteiger partial charge in [0.05, 0.1) is 17.9 Å². The molecular formula is C17H18N4O. The van der Waals surface area contributed by atoms with Gasteiger partial charge in [-0.2, -0.15) is 0 Å². The van der Waals surface area contributed by atoms with E-state index in [0.29, 0.717) is 5.69 Å². The van der Waals surface area contributed by atoms with E-state index < -0.39 is 0 Å². The van der Waals surface area contributed by atoms with Crippen LogP contribution in [0, 0.1) is 0 Å². The molecule has 1 amide bonds. The number of nitrogens with zero attached hydrogens (tertiary/aromatic N) is 2. The maximum Gasteiger partial charge on any atom is 0.238 e. The van der Waals surface area contributed by atoms with Crippen LogP contribution in [0.15, 0.2) is 48.8 Å². The molecule has 0 aliphatic carbocycles. The van der Waals surface area contributed by atoms with Gasteiger partial charge in [-0.1, -0.05) is 31.2 Å². The fourth-order valence-electron chi connectivity index (χ4n) is 2.33. The molecule has 112 valence electrons. The van der Waals surface area contributed by atoms with Crippen molar-refractivity contribution in [1.29, 1.82) is 0 Å². The number of hydrogen-bond donors (Lipinski definition) is 2. The molecule has 0 aliphatic heterocycles. The third-order valence-electron chi connectivity index (χ3n) is 3.58. The van der Waals surface area contributed by atoms with Crippen LogP contribution >= 0.6 is 0 Å². The molecule has 0 saturated carbocycles. The standard InChI is InChI=1S/C17H18N4O/c1-2-12-3-5-13(6-4-12)15-11-21-10-14(19-17(22)9-18)7-8-16(21)20-15/h3-8,10-11H,2,9,18H2,1H3,(H,19,22). The van der Waals surface area contributed by atoms with Crippen LogP contribution < -0.4 is 11.1 Å². The molecule has 0 bridgehead atoms. The summed E-state index contributed by atoms with van der Waals surface area (Å²) in [6.07, 6.45) is 4.81. The first-order valence-corrected chi connectivity index (χ1v) is 7.27. The topological polar surface area (TPSA) is 72.4 Å². The van der Waals surface area contributed by atoms with E-state index in [1.54, 1.807) is 0 Å². The van der Waals surface area contributed by atoms with Gasteiger partial charge in [-0.05, 0) is 24.1 Å². The lowest BCUT2D eigenvalue weighted by Gasteiger charge is -2.03. The molecule has 0 fully saturated rings. The van der Waals surface area contributed by atoms with Gasteiger partial charge in [0.1, 0.15) is 5.65 Å². The molecule has 3 rings (SSSR count). The largest absolute Gasteiger partial charge is 0.324 e. The smallest absolute Gasteiger partial charge is 0.238 e. The number of carbonyl (C=O) groups excluding carboxylic acids is 1. The van der Waals surface area contributed by atoms with Crippen LogP contribution in [0.3, 0.4) is 0 Å². The van der Waals surface area contributed by atoms with E-state index in [1.165, 1.54) is 5.56 Å². The fourth-order valence-corrected chi connectivity index (χ4v) is 2.33. The zero-order chi connectivity index (χ0) is 15.5. The number of fused-ring (bicyclic) bond motifs is 1. The number of rotatable bonds is 4. The average molecular weight is 294 g/mol. The minimum atomic E-state index is -0.213. The van der Waals surface area contributed by atoms with Gasteiger partial charge in [0.25, 0.3) is 0 Å². The van der Waals surface area contributed by atoms with Crippen LogP contribution in [-0.2, 0) is 11.2 Å². The summed E-state index contributed by atoms with van der Waals surface area (Å²) in [5, 5.41) is 2.74. The molecule has 0 aliphatic rings. The molecule has 2 heterocycles. The van der Waals surface area contributed by atoms with E-state index in [4.69, 9.17) is 5.73 Å². The summed E-state index contributed by atoms with van der Waals surface area (Å²) in [6.45, 7) is 2.11. The number of amides is 1. The Hall–Kier alpha value is -2.66. The zero-order valence-corrected chi connectivity index (χ0v) is 12.4. The highest BCUT2D eigenvalue weighted by molar-refractivity contribution is 5.92. The van der Waals surface area contributed by atoms with Crippen molar-refractivity contribution in [1.82, 2.24) is 9.38 Å². The van der Waals surface area contributed by atoms with Crippen molar-refractivity contribution < 1.29 is 4.79 Å². The fraction of sp³-hybridized carbons (Fsp3) is 0.176. The number of benzene rings is 1. The Labute approximate surface area is 128 Å². The lowest BCUT2D eigenvalue weighted by molar-refractivity contribution is -0.114. The number of carbonyl (C=O) groups is 1. The van der Waals surface area contributed by atoms with Gasteiger partial charge in [0, 0.05) is 18.0 Å². The van der Waals surface area contributed by atoms with E-state index in [0.717, 1.165) is 23.3 Å². The number of anilines is 1. The number of hydrogen-bond acceptors (Lipinski definition) is 3. The normalized spacial score (nSPS) is 10.8. The maximum atomic E-state index is 11.3. The number of imidazole rings is 1. The van der Waals surface area contributed by atoms with Crippen molar-refractivity contribution in [3.05, 3.63) is 54.4 Å². The highest BCUT2D eigenvalue weighted by Crippen LogP contribution is 2.21. The second kappa shape index (κ2) is 5.99. The Kier molecular flexibility index (Phi) is 3.89. The number of nitrogens with one attached hydrogen (secondary N) is 1. The maximum absolute atomic E-state index is 11.3. The highest BCUT2D eigenvalue weighted by Gasteiger charge is 2.06. The van der Waals surface area contributed by atoms with Gasteiger partial charge >= 0.3 is 0 Å². The molecule has 1 aromatic carbocycles. The van der Waals surface area contributed by atoms with Crippen LogP contribution in [0.2, 0.25) is 0 Å². The molecule has 2 aromatic heterocycles. The molecular weight excluding hydrogens is 276 g/mol. The van der Waals surface area contributed by atoms with Crippen molar-refractivity contribution in [2.24, 2.45) is 5.73 Å². The second-order valence-electron chi connectivity index (χ2n) is 5.11. The first-order valence-electron chi connectivity index (χ1n) is 7.27. The lowest BCUT2D eigenvalue weighted by Crippen LogP contribution is -2.21. The first-order chi connectivity index (χ1) is 10.7. The minimum absolute atomic E-state index is 0.0308. The molecule has 0 radical (unpaired) electrons. The second-order valence-corrected chi connectivity index (χ2v) is 5.11. The summed E-state index contributed by atoms with van der Waals surface area (Å²) < 4.78 is 1.90. The van der Waals surface area contributed by atoms with Crippen LogP contribution in [0.5, 0.6) is 0 Å². The van der Waals surface area contributed by atoms with Crippen LogP contribution in [0.25, 0.3) is 16.9 Å². The third-order valence-corrected chi connectivity index (χ3v) is 3.58. The predicted molar refractivity (Wildman–Crippen MR) is 87.7 cm³/mol. The van der Waals surface area contributed by atoms with Gasteiger partial charge < -0.3 is 15.5 Å². The van der Waals surface area contributed by atoms with Crippen molar-refractivity contribution in [3.8, 4) is 11.3 Å². The van der Waals surface area contributed by atoms with Gasteiger partial charge in [-0.15, -0.1) is 0 Å². The molecule has 0 unspecified atom stereocenters. The summed E-state index contributed by atoms with van der Waals surface area (Å²) in [7, 11) is 0. The first kappa shape index (κ1) is 14.3. The SMILES string of the molecule is CCc1ccc(-c2cn3cc(NC(=O)CN)ccc3n2)cc1. The van der Waals surface area contributed by atoms with Crippen LogP contribution in [0.1, 0.15) is 12.5 Å². The number of aryl methyl sites for hydroxylation is 1. The summed E-state index contributed by atoms with van der Waals surface area (Å²) in [6, 6.07) is 12.1. The van der Waals surface area contributed by atoms with E-state index in [1.807, 2.05) is 28.9 Å². The zero-order valence-electron chi connectivity index (χ0n) is 12.4.